The molecule has 1 unspecified atom stereocenters. The first kappa shape index (κ1) is 12.5. The van der Waals surface area contributed by atoms with Crippen molar-refractivity contribution < 1.29 is 14.6 Å². The lowest BCUT2D eigenvalue weighted by Gasteiger charge is -2.21. The SMILES string of the molecule is CC1(C(=O)NCCCCCO)CCCO1. The molecule has 1 heterocycles. The van der Waals surface area contributed by atoms with Gasteiger partial charge in [-0.15, -0.1) is 0 Å². The molecule has 1 fully saturated rings. The molecule has 0 bridgehead atoms. The molecule has 4 heteroatoms. The van der Waals surface area contributed by atoms with Gasteiger partial charge in [0.2, 0.25) is 0 Å². The maximum Gasteiger partial charge on any atom is 0.251 e. The number of nitrogens with one attached hydrogen (secondary N) is 1. The van der Waals surface area contributed by atoms with E-state index in [2.05, 4.69) is 5.32 Å². The first-order valence-corrected chi connectivity index (χ1v) is 5.72. The van der Waals surface area contributed by atoms with Crippen molar-refractivity contribution in [3.8, 4) is 0 Å². The second kappa shape index (κ2) is 6.08. The average Bonchev–Trinajstić information content (AvgIpc) is 2.66. The second-order valence-corrected chi connectivity index (χ2v) is 4.22. The van der Waals surface area contributed by atoms with Crippen LogP contribution in [0.1, 0.15) is 39.0 Å². The van der Waals surface area contributed by atoms with Gasteiger partial charge in [0.1, 0.15) is 5.60 Å². The second-order valence-electron chi connectivity index (χ2n) is 4.22. The number of ether oxygens (including phenoxy) is 1. The normalized spacial score (nSPS) is 25.5. The van der Waals surface area contributed by atoms with Crippen molar-refractivity contribution in [2.45, 2.75) is 44.6 Å². The van der Waals surface area contributed by atoms with Crippen molar-refractivity contribution in [1.29, 1.82) is 0 Å². The molecule has 15 heavy (non-hydrogen) atoms. The molecular weight excluding hydrogens is 194 g/mol. The van der Waals surface area contributed by atoms with Crippen LogP contribution in [0.15, 0.2) is 0 Å². The van der Waals surface area contributed by atoms with Gasteiger partial charge in [0, 0.05) is 19.8 Å². The minimum absolute atomic E-state index is 0.00370. The third kappa shape index (κ3) is 3.80. The first-order chi connectivity index (χ1) is 7.19. The molecular formula is C11H21NO3. The van der Waals surface area contributed by atoms with Crippen LogP contribution in [0.5, 0.6) is 0 Å². The molecule has 0 aromatic rings. The van der Waals surface area contributed by atoms with E-state index in [1.807, 2.05) is 6.92 Å². The number of rotatable bonds is 6. The summed E-state index contributed by atoms with van der Waals surface area (Å²) in [5, 5.41) is 11.5. The highest BCUT2D eigenvalue weighted by atomic mass is 16.5. The highest BCUT2D eigenvalue weighted by molar-refractivity contribution is 5.84. The van der Waals surface area contributed by atoms with Crippen molar-refractivity contribution in [2.75, 3.05) is 19.8 Å². The molecule has 2 N–H and O–H groups in total. The van der Waals surface area contributed by atoms with E-state index in [-0.39, 0.29) is 12.5 Å². The number of hydrogen-bond acceptors (Lipinski definition) is 3. The van der Waals surface area contributed by atoms with Crippen LogP contribution >= 0.6 is 0 Å². The Bertz CT molecular complexity index is 200. The van der Waals surface area contributed by atoms with E-state index < -0.39 is 5.60 Å². The number of aliphatic hydroxyl groups is 1. The maximum atomic E-state index is 11.7. The Morgan fingerprint density at radius 2 is 2.27 bits per heavy atom. The number of aliphatic hydroxyl groups excluding tert-OH is 1. The minimum atomic E-state index is -0.600. The predicted octanol–water partition coefficient (Wildman–Crippen LogP) is 0.834. The number of carbonyl (C=O) groups is 1. The van der Waals surface area contributed by atoms with Crippen molar-refractivity contribution in [3.63, 3.8) is 0 Å². The lowest BCUT2D eigenvalue weighted by atomic mass is 10.0. The van der Waals surface area contributed by atoms with Crippen LogP contribution < -0.4 is 5.32 Å². The van der Waals surface area contributed by atoms with Gasteiger partial charge in [0.15, 0.2) is 0 Å². The number of carbonyl (C=O) groups excluding carboxylic acids is 1. The van der Waals surface area contributed by atoms with Gasteiger partial charge < -0.3 is 15.2 Å². The Hall–Kier alpha value is -0.610. The monoisotopic (exact) mass is 215 g/mol. The molecule has 1 atom stereocenters. The van der Waals surface area contributed by atoms with Gasteiger partial charge in [-0.05, 0) is 39.0 Å². The molecule has 1 aliphatic heterocycles. The van der Waals surface area contributed by atoms with E-state index in [1.54, 1.807) is 0 Å². The molecule has 88 valence electrons. The molecule has 0 aromatic carbocycles. The number of amides is 1. The smallest absolute Gasteiger partial charge is 0.251 e. The largest absolute Gasteiger partial charge is 0.396 e. The van der Waals surface area contributed by atoms with Gasteiger partial charge in [-0.1, -0.05) is 0 Å². The summed E-state index contributed by atoms with van der Waals surface area (Å²) >= 11 is 0. The summed E-state index contributed by atoms with van der Waals surface area (Å²) in [5.74, 6) is 0.00370. The molecule has 1 saturated heterocycles. The van der Waals surface area contributed by atoms with Gasteiger partial charge in [-0.25, -0.2) is 0 Å². The quantitative estimate of drug-likeness (QED) is 0.645. The standard InChI is InChI=1S/C11H21NO3/c1-11(6-5-9-15-11)10(14)12-7-3-2-4-8-13/h13H,2-9H2,1H3,(H,12,14). The highest BCUT2D eigenvalue weighted by Gasteiger charge is 2.37. The van der Waals surface area contributed by atoms with E-state index >= 15 is 0 Å². The first-order valence-electron chi connectivity index (χ1n) is 5.72. The molecule has 0 aromatic heterocycles. The van der Waals surface area contributed by atoms with Crippen LogP contribution in [0, 0.1) is 0 Å². The van der Waals surface area contributed by atoms with Gasteiger partial charge in [0.25, 0.3) is 5.91 Å². The number of hydrogen-bond donors (Lipinski definition) is 2. The van der Waals surface area contributed by atoms with Gasteiger partial charge >= 0.3 is 0 Å². The number of unbranched alkanes of at least 4 members (excludes halogenated alkanes) is 2. The van der Waals surface area contributed by atoms with E-state index in [0.717, 1.165) is 32.1 Å². The van der Waals surface area contributed by atoms with E-state index in [9.17, 15) is 4.79 Å². The molecule has 4 nitrogen and oxygen atoms in total. The molecule has 0 spiro atoms. The summed E-state index contributed by atoms with van der Waals surface area (Å²) < 4.78 is 5.43. The summed E-state index contributed by atoms with van der Waals surface area (Å²) in [6.07, 6.45) is 4.46. The minimum Gasteiger partial charge on any atom is -0.396 e. The van der Waals surface area contributed by atoms with Crippen LogP contribution in [0.2, 0.25) is 0 Å². The Morgan fingerprint density at radius 3 is 2.87 bits per heavy atom. The van der Waals surface area contributed by atoms with E-state index in [0.29, 0.717) is 13.2 Å². The lowest BCUT2D eigenvalue weighted by molar-refractivity contribution is -0.139. The molecule has 1 amide bonds. The van der Waals surface area contributed by atoms with Crippen molar-refractivity contribution in [1.82, 2.24) is 5.32 Å². The summed E-state index contributed by atoms with van der Waals surface area (Å²) in [6.45, 7) is 3.45. The van der Waals surface area contributed by atoms with Crippen LogP contribution in [0.3, 0.4) is 0 Å². The fraction of sp³-hybridized carbons (Fsp3) is 0.909. The van der Waals surface area contributed by atoms with E-state index in [1.165, 1.54) is 0 Å². The fourth-order valence-corrected chi connectivity index (χ4v) is 1.76. The molecule has 1 rings (SSSR count). The van der Waals surface area contributed by atoms with Gasteiger partial charge in [0.05, 0.1) is 0 Å². The fourth-order valence-electron chi connectivity index (χ4n) is 1.76. The van der Waals surface area contributed by atoms with E-state index in [4.69, 9.17) is 9.84 Å². The van der Waals surface area contributed by atoms with Crippen LogP contribution in [0.25, 0.3) is 0 Å². The zero-order chi connectivity index (χ0) is 11.1. The topological polar surface area (TPSA) is 58.6 Å². The summed E-state index contributed by atoms with van der Waals surface area (Å²) in [5.41, 5.74) is -0.600. The average molecular weight is 215 g/mol. The summed E-state index contributed by atoms with van der Waals surface area (Å²) in [4.78, 5) is 11.7. The molecule has 0 saturated carbocycles. The van der Waals surface area contributed by atoms with Gasteiger partial charge in [-0.3, -0.25) is 4.79 Å². The third-order valence-electron chi connectivity index (χ3n) is 2.82. The Kier molecular flexibility index (Phi) is 5.05. The summed E-state index contributed by atoms with van der Waals surface area (Å²) in [6, 6.07) is 0. The predicted molar refractivity (Wildman–Crippen MR) is 57.5 cm³/mol. The molecule has 0 radical (unpaired) electrons. The van der Waals surface area contributed by atoms with Crippen LogP contribution in [0.4, 0.5) is 0 Å². The molecule has 0 aliphatic carbocycles. The maximum absolute atomic E-state index is 11.7. The van der Waals surface area contributed by atoms with Crippen molar-refractivity contribution in [3.05, 3.63) is 0 Å². The third-order valence-corrected chi connectivity index (χ3v) is 2.82. The lowest BCUT2D eigenvalue weighted by Crippen LogP contribution is -2.44. The van der Waals surface area contributed by atoms with Crippen molar-refractivity contribution in [2.24, 2.45) is 0 Å². The zero-order valence-corrected chi connectivity index (χ0v) is 9.42. The Labute approximate surface area is 91.0 Å². The zero-order valence-electron chi connectivity index (χ0n) is 9.42. The van der Waals surface area contributed by atoms with Crippen LogP contribution in [-0.2, 0) is 9.53 Å². The highest BCUT2D eigenvalue weighted by Crippen LogP contribution is 2.24. The van der Waals surface area contributed by atoms with Crippen LogP contribution in [-0.4, -0.2) is 36.4 Å². The molecule has 1 aliphatic rings. The Balaban J connectivity index is 2.12. The summed E-state index contributed by atoms with van der Waals surface area (Å²) in [7, 11) is 0. The van der Waals surface area contributed by atoms with Crippen molar-refractivity contribution >= 4 is 5.91 Å². The van der Waals surface area contributed by atoms with Gasteiger partial charge in [-0.2, -0.15) is 0 Å². The Morgan fingerprint density at radius 1 is 1.47 bits per heavy atom.